The molecule has 246 valence electrons. The summed E-state index contributed by atoms with van der Waals surface area (Å²) in [6.45, 7) is 4.78. The van der Waals surface area contributed by atoms with Gasteiger partial charge in [-0.1, -0.05) is 172 Å². The molecule has 10 rings (SSSR count). The summed E-state index contributed by atoms with van der Waals surface area (Å²) >= 11 is 0. The van der Waals surface area contributed by atoms with E-state index >= 15 is 0 Å². The Morgan fingerprint density at radius 1 is 0.385 bits per heavy atom. The largest absolute Gasteiger partial charge is 0.309 e. The molecular formula is C51H37N. The highest BCUT2D eigenvalue weighted by molar-refractivity contribution is 6.17. The summed E-state index contributed by atoms with van der Waals surface area (Å²) in [5, 5.41) is 7.58. The predicted molar refractivity (Wildman–Crippen MR) is 222 cm³/mol. The topological polar surface area (TPSA) is 3.24 Å². The molecule has 52 heavy (non-hydrogen) atoms. The molecule has 0 bridgehead atoms. The van der Waals surface area contributed by atoms with E-state index in [2.05, 4.69) is 207 Å². The van der Waals surface area contributed by atoms with Gasteiger partial charge in [0.1, 0.15) is 0 Å². The zero-order valence-corrected chi connectivity index (χ0v) is 29.3. The van der Waals surface area contributed by atoms with Crippen LogP contribution in [0.2, 0.25) is 0 Å². The minimum atomic E-state index is -0.191. The predicted octanol–water partition coefficient (Wildman–Crippen LogP) is 14.3. The summed E-state index contributed by atoms with van der Waals surface area (Å²) in [7, 11) is 0. The van der Waals surface area contributed by atoms with Crippen molar-refractivity contribution in [2.75, 3.05) is 4.90 Å². The smallest absolute Gasteiger partial charge is 0.0546 e. The van der Waals surface area contributed by atoms with Crippen molar-refractivity contribution in [1.29, 1.82) is 0 Å². The van der Waals surface area contributed by atoms with Crippen LogP contribution in [0.3, 0.4) is 0 Å². The number of hydrogen-bond acceptors (Lipinski definition) is 1. The lowest BCUT2D eigenvalue weighted by molar-refractivity contribution is 0.645. The zero-order chi connectivity index (χ0) is 34.8. The van der Waals surface area contributed by atoms with Gasteiger partial charge in [-0.3, -0.25) is 0 Å². The van der Waals surface area contributed by atoms with Crippen molar-refractivity contribution >= 4 is 49.4 Å². The van der Waals surface area contributed by atoms with Gasteiger partial charge in [-0.2, -0.15) is 0 Å². The van der Waals surface area contributed by atoms with Gasteiger partial charge in [0.25, 0.3) is 0 Å². The van der Waals surface area contributed by atoms with E-state index in [1.807, 2.05) is 0 Å². The van der Waals surface area contributed by atoms with Gasteiger partial charge in [0.05, 0.1) is 11.4 Å². The molecule has 1 aliphatic carbocycles. The van der Waals surface area contributed by atoms with Crippen LogP contribution in [0.5, 0.6) is 0 Å². The maximum absolute atomic E-state index is 2.52. The molecular weight excluding hydrogens is 627 g/mol. The normalized spacial score (nSPS) is 13.0. The van der Waals surface area contributed by atoms with E-state index < -0.39 is 0 Å². The monoisotopic (exact) mass is 663 g/mol. The Kier molecular flexibility index (Phi) is 6.91. The van der Waals surface area contributed by atoms with Gasteiger partial charge in [-0.25, -0.2) is 0 Å². The van der Waals surface area contributed by atoms with E-state index in [-0.39, 0.29) is 5.41 Å². The molecule has 1 aliphatic rings. The third-order valence-electron chi connectivity index (χ3n) is 11.2. The summed E-state index contributed by atoms with van der Waals surface area (Å²) in [6, 6.07) is 69.2. The lowest BCUT2D eigenvalue weighted by Gasteiger charge is -2.38. The average molecular weight is 664 g/mol. The van der Waals surface area contributed by atoms with Gasteiger partial charge >= 0.3 is 0 Å². The second-order valence-corrected chi connectivity index (χ2v) is 14.5. The van der Waals surface area contributed by atoms with Crippen molar-refractivity contribution < 1.29 is 0 Å². The Hall–Kier alpha value is -6.44. The van der Waals surface area contributed by atoms with Crippen LogP contribution in [-0.4, -0.2) is 0 Å². The van der Waals surface area contributed by atoms with E-state index in [0.29, 0.717) is 0 Å². The Balaban J connectivity index is 1.29. The standard InChI is InChI=1S/C51H37N/c1-51(2)45-23-13-19-37-27-31-47(50(49(37)45)44-30-26-38(32-46(44)51)35-16-7-4-8-17-35)52(40-28-24-36(25-29-40)34-14-5-3-6-15-34)48-33-39-18-9-10-20-41(39)42-21-11-12-22-43(42)48/h3-33H,1-2H3. The average Bonchev–Trinajstić information content (AvgIpc) is 3.21. The van der Waals surface area contributed by atoms with Crippen LogP contribution in [-0.2, 0) is 5.41 Å². The molecule has 0 fully saturated rings. The second-order valence-electron chi connectivity index (χ2n) is 14.5. The third kappa shape index (κ3) is 4.70. The van der Waals surface area contributed by atoms with Crippen molar-refractivity contribution in [1.82, 2.24) is 0 Å². The van der Waals surface area contributed by atoms with Crippen LogP contribution >= 0.6 is 0 Å². The molecule has 0 radical (unpaired) electrons. The van der Waals surface area contributed by atoms with Crippen LogP contribution in [0, 0.1) is 0 Å². The molecule has 0 saturated carbocycles. The van der Waals surface area contributed by atoms with Crippen molar-refractivity contribution in [2.45, 2.75) is 19.3 Å². The first-order valence-electron chi connectivity index (χ1n) is 18.2. The fourth-order valence-corrected chi connectivity index (χ4v) is 8.64. The third-order valence-corrected chi connectivity index (χ3v) is 11.2. The highest BCUT2D eigenvalue weighted by atomic mass is 15.1. The Labute approximate surface area is 305 Å². The molecule has 1 nitrogen and oxygen atoms in total. The van der Waals surface area contributed by atoms with Gasteiger partial charge < -0.3 is 4.90 Å². The van der Waals surface area contributed by atoms with Crippen LogP contribution in [0.15, 0.2) is 188 Å². The van der Waals surface area contributed by atoms with Crippen molar-refractivity contribution in [2.24, 2.45) is 0 Å². The SMILES string of the molecule is CC1(C)c2cc(-c3ccccc3)ccc2-c2c(N(c3ccc(-c4ccccc4)cc3)c3cc4ccccc4c4ccccc34)ccc3cccc1c23. The molecule has 1 heteroatoms. The number of fused-ring (bicyclic) bond motifs is 5. The van der Waals surface area contributed by atoms with E-state index in [4.69, 9.17) is 0 Å². The Bertz CT molecular complexity index is 2790. The van der Waals surface area contributed by atoms with E-state index in [9.17, 15) is 0 Å². The molecule has 0 amide bonds. The van der Waals surface area contributed by atoms with Crippen LogP contribution < -0.4 is 4.90 Å². The molecule has 0 unspecified atom stereocenters. The number of benzene rings is 9. The quantitative estimate of drug-likeness (QED) is 0.166. The summed E-state index contributed by atoms with van der Waals surface area (Å²) < 4.78 is 0. The minimum absolute atomic E-state index is 0.191. The molecule has 0 aliphatic heterocycles. The summed E-state index contributed by atoms with van der Waals surface area (Å²) in [5.74, 6) is 0. The zero-order valence-electron chi connectivity index (χ0n) is 29.3. The molecule has 0 heterocycles. The Morgan fingerprint density at radius 2 is 0.981 bits per heavy atom. The molecule has 0 spiro atoms. The van der Waals surface area contributed by atoms with E-state index in [0.717, 1.165) is 5.69 Å². The van der Waals surface area contributed by atoms with Crippen molar-refractivity contribution in [3.8, 4) is 33.4 Å². The fourth-order valence-electron chi connectivity index (χ4n) is 8.64. The maximum Gasteiger partial charge on any atom is 0.0546 e. The molecule has 0 saturated heterocycles. The van der Waals surface area contributed by atoms with Crippen LogP contribution in [0.25, 0.3) is 65.7 Å². The van der Waals surface area contributed by atoms with Crippen LogP contribution in [0.4, 0.5) is 17.1 Å². The minimum Gasteiger partial charge on any atom is -0.309 e. The number of nitrogens with zero attached hydrogens (tertiary/aromatic N) is 1. The molecule has 0 aromatic heterocycles. The molecule has 9 aromatic carbocycles. The second kappa shape index (κ2) is 11.8. The molecule has 0 atom stereocenters. The fraction of sp³-hybridized carbons (Fsp3) is 0.0588. The van der Waals surface area contributed by atoms with Gasteiger partial charge in [0.2, 0.25) is 0 Å². The maximum atomic E-state index is 2.52. The van der Waals surface area contributed by atoms with Crippen LogP contribution in [0.1, 0.15) is 25.0 Å². The first-order valence-corrected chi connectivity index (χ1v) is 18.2. The van der Waals surface area contributed by atoms with Gasteiger partial charge in [0.15, 0.2) is 0 Å². The highest BCUT2D eigenvalue weighted by Crippen LogP contribution is 2.55. The van der Waals surface area contributed by atoms with Gasteiger partial charge in [0, 0.05) is 22.1 Å². The summed E-state index contributed by atoms with van der Waals surface area (Å²) in [5.41, 5.74) is 13.5. The summed E-state index contributed by atoms with van der Waals surface area (Å²) in [4.78, 5) is 2.52. The number of rotatable bonds is 5. The lowest BCUT2D eigenvalue weighted by atomic mass is 9.67. The highest BCUT2D eigenvalue weighted by Gasteiger charge is 2.36. The summed E-state index contributed by atoms with van der Waals surface area (Å²) in [6.07, 6.45) is 0. The van der Waals surface area contributed by atoms with E-state index in [1.54, 1.807) is 0 Å². The van der Waals surface area contributed by atoms with Gasteiger partial charge in [-0.15, -0.1) is 0 Å². The molecule has 9 aromatic rings. The first-order chi connectivity index (χ1) is 25.6. The van der Waals surface area contributed by atoms with E-state index in [1.165, 1.54) is 88.2 Å². The number of hydrogen-bond donors (Lipinski definition) is 0. The first kappa shape index (κ1) is 30.4. The molecule has 0 N–H and O–H groups in total. The lowest BCUT2D eigenvalue weighted by Crippen LogP contribution is -2.25. The van der Waals surface area contributed by atoms with Gasteiger partial charge in [-0.05, 0) is 96.2 Å². The van der Waals surface area contributed by atoms with Crippen molar-refractivity contribution in [3.63, 3.8) is 0 Å². The van der Waals surface area contributed by atoms with Crippen molar-refractivity contribution in [3.05, 3.63) is 199 Å². The Morgan fingerprint density at radius 3 is 1.73 bits per heavy atom. The number of anilines is 3.